The van der Waals surface area contributed by atoms with E-state index in [0.717, 1.165) is 38.8 Å². The van der Waals surface area contributed by atoms with Crippen LogP contribution in [0.1, 0.15) is 38.7 Å². The van der Waals surface area contributed by atoms with Gasteiger partial charge in [-0.05, 0) is 49.3 Å². The number of nitrogens with two attached hydrogens (primary N) is 1. The Hall–Kier alpha value is -2.24. The molecule has 4 N–H and O–H groups in total. The summed E-state index contributed by atoms with van der Waals surface area (Å²) >= 11 is 0. The van der Waals surface area contributed by atoms with Crippen molar-refractivity contribution in [3.63, 3.8) is 0 Å². The zero-order valence-corrected chi connectivity index (χ0v) is 15.3. The molecular formula is C19H30N4O2. The van der Waals surface area contributed by atoms with Gasteiger partial charge in [0.15, 0.2) is 12.6 Å². The van der Waals surface area contributed by atoms with Crippen molar-refractivity contribution in [1.82, 2.24) is 10.6 Å². The molecule has 1 amide bonds. The van der Waals surface area contributed by atoms with Crippen LogP contribution in [0.2, 0.25) is 0 Å². The standard InChI is InChI=1S/C19H30N4O2/c1-14(2)9-11-21-19(20)22-12-10-15-3-7-17(8-4-15)25-13-18(24)23-16-5-6-16/h3-4,7-8,14,16H,5-6,9-13H2,1-2H3,(H,23,24)(H3,20,21,22). The fourth-order valence-corrected chi connectivity index (χ4v) is 2.23. The highest BCUT2D eigenvalue weighted by Gasteiger charge is 2.23. The summed E-state index contributed by atoms with van der Waals surface area (Å²) in [6.45, 7) is 5.91. The van der Waals surface area contributed by atoms with Gasteiger partial charge in [0.25, 0.3) is 5.91 Å². The lowest BCUT2D eigenvalue weighted by molar-refractivity contribution is -0.123. The third-order valence-electron chi connectivity index (χ3n) is 3.94. The maximum Gasteiger partial charge on any atom is 0.258 e. The molecule has 1 aromatic rings. The number of hydrogen-bond acceptors (Lipinski definition) is 3. The zero-order valence-electron chi connectivity index (χ0n) is 15.3. The Kier molecular flexibility index (Phi) is 7.57. The van der Waals surface area contributed by atoms with Gasteiger partial charge in [-0.25, -0.2) is 0 Å². The van der Waals surface area contributed by atoms with Gasteiger partial charge in [-0.15, -0.1) is 0 Å². The second kappa shape index (κ2) is 9.91. The number of ether oxygens (including phenoxy) is 1. The minimum Gasteiger partial charge on any atom is -0.484 e. The van der Waals surface area contributed by atoms with Crippen LogP contribution < -0.4 is 21.1 Å². The fourth-order valence-electron chi connectivity index (χ4n) is 2.23. The van der Waals surface area contributed by atoms with Gasteiger partial charge in [0.05, 0.1) is 0 Å². The van der Waals surface area contributed by atoms with E-state index in [1.54, 1.807) is 0 Å². The first-order valence-corrected chi connectivity index (χ1v) is 9.08. The summed E-state index contributed by atoms with van der Waals surface area (Å²) in [7, 11) is 0. The molecule has 1 aromatic carbocycles. The van der Waals surface area contributed by atoms with E-state index in [1.807, 2.05) is 24.3 Å². The molecule has 6 heteroatoms. The van der Waals surface area contributed by atoms with E-state index >= 15 is 0 Å². The Labute approximate surface area is 150 Å². The van der Waals surface area contributed by atoms with Crippen molar-refractivity contribution in [1.29, 1.82) is 0 Å². The molecule has 0 bridgehead atoms. The molecule has 2 rings (SSSR count). The molecule has 0 unspecified atom stereocenters. The number of amides is 1. The SMILES string of the molecule is CC(C)CCN=C(N)NCCc1ccc(OCC(=O)NC2CC2)cc1. The number of carbonyl (C=O) groups is 1. The van der Waals surface area contributed by atoms with Crippen molar-refractivity contribution >= 4 is 11.9 Å². The minimum absolute atomic E-state index is 0.0528. The van der Waals surface area contributed by atoms with Crippen LogP contribution >= 0.6 is 0 Å². The van der Waals surface area contributed by atoms with Crippen molar-refractivity contribution in [3.8, 4) is 5.75 Å². The zero-order chi connectivity index (χ0) is 18.1. The van der Waals surface area contributed by atoms with Crippen LogP contribution in [-0.4, -0.2) is 37.6 Å². The third-order valence-corrected chi connectivity index (χ3v) is 3.94. The van der Waals surface area contributed by atoms with Crippen molar-refractivity contribution < 1.29 is 9.53 Å². The Bertz CT molecular complexity index is 565. The summed E-state index contributed by atoms with van der Waals surface area (Å²) in [5, 5.41) is 6.03. The van der Waals surface area contributed by atoms with Gasteiger partial charge in [0, 0.05) is 19.1 Å². The number of carbonyl (C=O) groups excluding carboxylic acids is 1. The lowest BCUT2D eigenvalue weighted by Crippen LogP contribution is -2.33. The number of nitrogens with zero attached hydrogens (tertiary/aromatic N) is 1. The molecule has 138 valence electrons. The van der Waals surface area contributed by atoms with Crippen molar-refractivity contribution in [2.24, 2.45) is 16.6 Å². The Morgan fingerprint density at radius 1 is 1.32 bits per heavy atom. The third kappa shape index (κ3) is 8.42. The largest absolute Gasteiger partial charge is 0.484 e. The number of hydrogen-bond donors (Lipinski definition) is 3. The predicted octanol–water partition coefficient (Wildman–Crippen LogP) is 1.84. The molecule has 1 fully saturated rings. The van der Waals surface area contributed by atoms with Gasteiger partial charge < -0.3 is 21.1 Å². The van der Waals surface area contributed by atoms with Gasteiger partial charge in [-0.3, -0.25) is 9.79 Å². The van der Waals surface area contributed by atoms with Crippen LogP contribution in [0.3, 0.4) is 0 Å². The second-order valence-corrected chi connectivity index (χ2v) is 6.90. The Morgan fingerprint density at radius 3 is 2.68 bits per heavy atom. The number of benzene rings is 1. The summed E-state index contributed by atoms with van der Waals surface area (Å²) in [6, 6.07) is 8.15. The van der Waals surface area contributed by atoms with Gasteiger partial charge in [0.1, 0.15) is 5.75 Å². The molecule has 1 aliphatic rings. The highest BCUT2D eigenvalue weighted by atomic mass is 16.5. The summed E-state index contributed by atoms with van der Waals surface area (Å²) in [5.74, 6) is 1.79. The van der Waals surface area contributed by atoms with E-state index in [0.29, 0.717) is 23.7 Å². The molecule has 0 aliphatic heterocycles. The van der Waals surface area contributed by atoms with Crippen LogP contribution in [0, 0.1) is 5.92 Å². The van der Waals surface area contributed by atoms with E-state index in [1.165, 1.54) is 5.56 Å². The van der Waals surface area contributed by atoms with E-state index < -0.39 is 0 Å². The molecule has 0 heterocycles. The van der Waals surface area contributed by atoms with Crippen LogP contribution in [0.25, 0.3) is 0 Å². The van der Waals surface area contributed by atoms with Crippen LogP contribution in [0.15, 0.2) is 29.3 Å². The number of aliphatic imine (C=N–C) groups is 1. The average Bonchev–Trinajstić information content (AvgIpc) is 3.38. The van der Waals surface area contributed by atoms with E-state index in [4.69, 9.17) is 10.5 Å². The van der Waals surface area contributed by atoms with Crippen LogP contribution in [-0.2, 0) is 11.2 Å². The lowest BCUT2D eigenvalue weighted by atomic mass is 10.1. The summed E-state index contributed by atoms with van der Waals surface area (Å²) < 4.78 is 5.49. The first-order chi connectivity index (χ1) is 12.0. The average molecular weight is 346 g/mol. The van der Waals surface area contributed by atoms with E-state index in [-0.39, 0.29) is 12.5 Å². The highest BCUT2D eigenvalue weighted by Crippen LogP contribution is 2.18. The lowest BCUT2D eigenvalue weighted by Gasteiger charge is -2.09. The molecule has 6 nitrogen and oxygen atoms in total. The summed E-state index contributed by atoms with van der Waals surface area (Å²) in [5.41, 5.74) is 7.01. The molecule has 0 aromatic heterocycles. The first kappa shape index (κ1) is 19.1. The fraction of sp³-hybridized carbons (Fsp3) is 0.579. The monoisotopic (exact) mass is 346 g/mol. The van der Waals surface area contributed by atoms with E-state index in [9.17, 15) is 4.79 Å². The molecule has 25 heavy (non-hydrogen) atoms. The maximum atomic E-state index is 11.6. The molecule has 1 saturated carbocycles. The Morgan fingerprint density at radius 2 is 2.04 bits per heavy atom. The molecule has 0 saturated heterocycles. The van der Waals surface area contributed by atoms with Gasteiger partial charge in [-0.2, -0.15) is 0 Å². The molecule has 0 radical (unpaired) electrons. The minimum atomic E-state index is -0.0528. The smallest absolute Gasteiger partial charge is 0.258 e. The first-order valence-electron chi connectivity index (χ1n) is 9.08. The quantitative estimate of drug-likeness (QED) is 0.445. The highest BCUT2D eigenvalue weighted by molar-refractivity contribution is 5.78. The van der Waals surface area contributed by atoms with Crippen molar-refractivity contribution in [2.75, 3.05) is 19.7 Å². The second-order valence-electron chi connectivity index (χ2n) is 6.90. The van der Waals surface area contributed by atoms with Crippen LogP contribution in [0.5, 0.6) is 5.75 Å². The predicted molar refractivity (Wildman–Crippen MR) is 101 cm³/mol. The number of rotatable bonds is 10. The van der Waals surface area contributed by atoms with Gasteiger partial charge >= 0.3 is 0 Å². The van der Waals surface area contributed by atoms with Crippen molar-refractivity contribution in [3.05, 3.63) is 29.8 Å². The normalized spacial score (nSPS) is 14.4. The van der Waals surface area contributed by atoms with E-state index in [2.05, 4.69) is 29.5 Å². The maximum absolute atomic E-state index is 11.6. The molecule has 0 atom stereocenters. The van der Waals surface area contributed by atoms with Crippen LogP contribution in [0.4, 0.5) is 0 Å². The van der Waals surface area contributed by atoms with Gasteiger partial charge in [0.2, 0.25) is 0 Å². The molecule has 1 aliphatic carbocycles. The van der Waals surface area contributed by atoms with Gasteiger partial charge in [-0.1, -0.05) is 26.0 Å². The molecular weight excluding hydrogens is 316 g/mol. The summed E-state index contributed by atoms with van der Waals surface area (Å²) in [4.78, 5) is 15.9. The Balaban J connectivity index is 1.63. The summed E-state index contributed by atoms with van der Waals surface area (Å²) in [6.07, 6.45) is 4.06. The van der Waals surface area contributed by atoms with Crippen molar-refractivity contribution in [2.45, 2.75) is 45.6 Å². The number of nitrogens with one attached hydrogen (secondary N) is 2. The number of guanidine groups is 1. The molecule has 0 spiro atoms. The topological polar surface area (TPSA) is 88.7 Å².